The van der Waals surface area contributed by atoms with Gasteiger partial charge in [-0.3, -0.25) is 0 Å². The molecule has 1 aliphatic rings. The van der Waals surface area contributed by atoms with E-state index in [4.69, 9.17) is 0 Å². The molecule has 2 aromatic rings. The van der Waals surface area contributed by atoms with Crippen LogP contribution in [0.3, 0.4) is 0 Å². The number of carbonyl (C=O) groups excluding carboxylic acids is 1. The SMILES string of the molecule is O=C(NCC1(Cn2ccnc2)CC1)Nc1ccccc1OC(F)(F)F. The van der Waals surface area contributed by atoms with Crippen LogP contribution in [0.5, 0.6) is 5.75 Å². The first kappa shape index (κ1) is 17.1. The van der Waals surface area contributed by atoms with Gasteiger partial charge in [-0.1, -0.05) is 12.1 Å². The standard InChI is InChI=1S/C16H17F3N4O2/c17-16(18,19)25-13-4-2-1-3-12(13)22-14(24)21-9-15(5-6-15)10-23-8-7-20-11-23/h1-4,7-8,11H,5-6,9-10H2,(H2,21,22,24). The van der Waals surface area contributed by atoms with Crippen LogP contribution in [0.15, 0.2) is 43.0 Å². The molecule has 134 valence electrons. The van der Waals surface area contributed by atoms with Gasteiger partial charge in [0.05, 0.1) is 12.0 Å². The van der Waals surface area contributed by atoms with Crippen molar-refractivity contribution in [1.29, 1.82) is 0 Å². The summed E-state index contributed by atoms with van der Waals surface area (Å²) < 4.78 is 43.0. The number of nitrogens with one attached hydrogen (secondary N) is 2. The van der Waals surface area contributed by atoms with E-state index < -0.39 is 18.1 Å². The molecule has 0 saturated heterocycles. The molecule has 0 spiro atoms. The Morgan fingerprint density at radius 3 is 2.72 bits per heavy atom. The molecule has 1 heterocycles. The Balaban J connectivity index is 1.55. The highest BCUT2D eigenvalue weighted by molar-refractivity contribution is 5.90. The summed E-state index contributed by atoms with van der Waals surface area (Å²) in [4.78, 5) is 16.0. The van der Waals surface area contributed by atoms with Gasteiger partial charge in [0.2, 0.25) is 0 Å². The number of alkyl halides is 3. The van der Waals surface area contributed by atoms with Gasteiger partial charge in [-0.15, -0.1) is 13.2 Å². The average molecular weight is 354 g/mol. The Hall–Kier alpha value is -2.71. The lowest BCUT2D eigenvalue weighted by molar-refractivity contribution is -0.274. The lowest BCUT2D eigenvalue weighted by Gasteiger charge is -2.18. The van der Waals surface area contributed by atoms with Gasteiger partial charge in [-0.25, -0.2) is 9.78 Å². The number of benzene rings is 1. The third kappa shape index (κ3) is 4.88. The molecule has 1 fully saturated rings. The highest BCUT2D eigenvalue weighted by Crippen LogP contribution is 2.46. The summed E-state index contributed by atoms with van der Waals surface area (Å²) >= 11 is 0. The first-order valence-corrected chi connectivity index (χ1v) is 7.71. The predicted molar refractivity (Wildman–Crippen MR) is 84.0 cm³/mol. The minimum absolute atomic E-state index is 0.0278. The minimum atomic E-state index is -4.82. The van der Waals surface area contributed by atoms with Gasteiger partial charge in [0.1, 0.15) is 0 Å². The lowest BCUT2D eigenvalue weighted by Crippen LogP contribution is -2.35. The molecule has 2 N–H and O–H groups in total. The average Bonchev–Trinajstić information content (AvgIpc) is 3.10. The van der Waals surface area contributed by atoms with Gasteiger partial charge in [-0.2, -0.15) is 0 Å². The summed E-state index contributed by atoms with van der Waals surface area (Å²) in [6.07, 6.45) is 2.37. The summed E-state index contributed by atoms with van der Waals surface area (Å²) in [5.74, 6) is -0.454. The molecule has 0 unspecified atom stereocenters. The summed E-state index contributed by atoms with van der Waals surface area (Å²) in [5, 5.41) is 5.11. The highest BCUT2D eigenvalue weighted by Gasteiger charge is 2.43. The van der Waals surface area contributed by atoms with Gasteiger partial charge in [0, 0.05) is 30.9 Å². The zero-order valence-electron chi connectivity index (χ0n) is 13.2. The molecule has 9 heteroatoms. The monoisotopic (exact) mass is 354 g/mol. The van der Waals surface area contributed by atoms with E-state index in [2.05, 4.69) is 20.4 Å². The molecule has 0 radical (unpaired) electrons. The van der Waals surface area contributed by atoms with Gasteiger partial charge in [-0.05, 0) is 25.0 Å². The van der Waals surface area contributed by atoms with E-state index in [-0.39, 0.29) is 11.1 Å². The molecule has 0 bridgehead atoms. The molecule has 1 aromatic heterocycles. The number of nitrogens with zero attached hydrogens (tertiary/aromatic N) is 2. The molecule has 0 atom stereocenters. The van der Waals surface area contributed by atoms with Gasteiger partial charge in [0.15, 0.2) is 5.75 Å². The number of imidazole rings is 1. The molecule has 3 rings (SSSR count). The van der Waals surface area contributed by atoms with Crippen LogP contribution >= 0.6 is 0 Å². The Morgan fingerprint density at radius 1 is 1.32 bits per heavy atom. The van der Waals surface area contributed by atoms with Crippen molar-refractivity contribution in [3.63, 3.8) is 0 Å². The summed E-state index contributed by atoms with van der Waals surface area (Å²) in [7, 11) is 0. The van der Waals surface area contributed by atoms with Crippen molar-refractivity contribution in [2.45, 2.75) is 25.7 Å². The first-order valence-electron chi connectivity index (χ1n) is 7.71. The Bertz CT molecular complexity index is 727. The van der Waals surface area contributed by atoms with E-state index in [1.807, 2.05) is 10.8 Å². The van der Waals surface area contributed by atoms with Crippen LogP contribution in [0.4, 0.5) is 23.7 Å². The van der Waals surface area contributed by atoms with Crippen LogP contribution < -0.4 is 15.4 Å². The maximum atomic E-state index is 12.4. The van der Waals surface area contributed by atoms with Crippen molar-refractivity contribution in [1.82, 2.24) is 14.9 Å². The van der Waals surface area contributed by atoms with E-state index in [1.54, 1.807) is 12.5 Å². The van der Waals surface area contributed by atoms with E-state index in [1.165, 1.54) is 18.2 Å². The van der Waals surface area contributed by atoms with Gasteiger partial charge >= 0.3 is 12.4 Å². The highest BCUT2D eigenvalue weighted by atomic mass is 19.4. The molecule has 6 nitrogen and oxygen atoms in total. The number of para-hydroxylation sites is 2. The third-order valence-electron chi connectivity index (χ3n) is 4.02. The second kappa shape index (κ2) is 6.66. The van der Waals surface area contributed by atoms with E-state index in [0.29, 0.717) is 6.54 Å². The van der Waals surface area contributed by atoms with Gasteiger partial charge in [0.25, 0.3) is 0 Å². The van der Waals surface area contributed by atoms with Crippen molar-refractivity contribution >= 4 is 11.7 Å². The van der Waals surface area contributed by atoms with Crippen LogP contribution in [-0.4, -0.2) is 28.5 Å². The van der Waals surface area contributed by atoms with Crippen molar-refractivity contribution in [2.75, 3.05) is 11.9 Å². The van der Waals surface area contributed by atoms with E-state index in [0.717, 1.165) is 25.5 Å². The number of carbonyl (C=O) groups is 1. The van der Waals surface area contributed by atoms with Crippen molar-refractivity contribution in [3.05, 3.63) is 43.0 Å². The largest absolute Gasteiger partial charge is 0.573 e. The predicted octanol–water partition coefficient (Wildman–Crippen LogP) is 3.38. The fraction of sp³-hybridized carbons (Fsp3) is 0.375. The van der Waals surface area contributed by atoms with Crippen molar-refractivity contribution < 1.29 is 22.7 Å². The topological polar surface area (TPSA) is 68.2 Å². The number of hydrogen-bond donors (Lipinski definition) is 2. The second-order valence-electron chi connectivity index (χ2n) is 6.09. The number of urea groups is 1. The van der Waals surface area contributed by atoms with Crippen LogP contribution in [0.1, 0.15) is 12.8 Å². The molecule has 25 heavy (non-hydrogen) atoms. The molecule has 1 aromatic carbocycles. The maximum absolute atomic E-state index is 12.4. The number of amides is 2. The van der Waals surface area contributed by atoms with E-state index >= 15 is 0 Å². The lowest BCUT2D eigenvalue weighted by atomic mass is 10.1. The summed E-state index contributed by atoms with van der Waals surface area (Å²) in [6, 6.07) is 4.83. The summed E-state index contributed by atoms with van der Waals surface area (Å²) in [6.45, 7) is 1.17. The van der Waals surface area contributed by atoms with E-state index in [9.17, 15) is 18.0 Å². The maximum Gasteiger partial charge on any atom is 0.573 e. The Morgan fingerprint density at radius 2 is 2.08 bits per heavy atom. The molecular formula is C16H17F3N4O2. The Kier molecular flexibility index (Phi) is 4.56. The number of anilines is 1. The number of rotatable bonds is 6. The molecule has 0 aliphatic heterocycles. The second-order valence-corrected chi connectivity index (χ2v) is 6.09. The van der Waals surface area contributed by atoms with Crippen LogP contribution in [0.25, 0.3) is 0 Å². The molecule has 1 saturated carbocycles. The number of ether oxygens (including phenoxy) is 1. The third-order valence-corrected chi connectivity index (χ3v) is 4.02. The number of aromatic nitrogens is 2. The Labute approximate surface area is 142 Å². The first-order chi connectivity index (χ1) is 11.9. The molecular weight excluding hydrogens is 337 g/mol. The van der Waals surface area contributed by atoms with Crippen molar-refractivity contribution in [2.24, 2.45) is 5.41 Å². The summed E-state index contributed by atoms with van der Waals surface area (Å²) in [5.41, 5.74) is -0.0724. The fourth-order valence-electron chi connectivity index (χ4n) is 2.55. The van der Waals surface area contributed by atoms with Gasteiger partial charge < -0.3 is 19.9 Å². The number of hydrogen-bond acceptors (Lipinski definition) is 3. The van der Waals surface area contributed by atoms with Crippen LogP contribution in [-0.2, 0) is 6.54 Å². The van der Waals surface area contributed by atoms with Crippen molar-refractivity contribution in [3.8, 4) is 5.75 Å². The normalized spacial score (nSPS) is 15.5. The molecule has 1 aliphatic carbocycles. The molecule has 2 amide bonds. The zero-order valence-corrected chi connectivity index (χ0v) is 13.2. The van der Waals surface area contributed by atoms with Crippen LogP contribution in [0.2, 0.25) is 0 Å². The smallest absolute Gasteiger partial charge is 0.404 e. The zero-order chi connectivity index (χ0) is 17.9. The fourth-order valence-corrected chi connectivity index (χ4v) is 2.55. The minimum Gasteiger partial charge on any atom is -0.404 e. The number of halogens is 3. The van der Waals surface area contributed by atoms with Crippen LogP contribution in [0, 0.1) is 5.41 Å². The quantitative estimate of drug-likeness (QED) is 0.836.